The molecule has 19 heavy (non-hydrogen) atoms. The maximum atomic E-state index is 12.0. The highest BCUT2D eigenvalue weighted by molar-refractivity contribution is 6.39. The number of carbonyl (C=O) groups excluding carboxylic acids is 2. The average Bonchev–Trinajstić information content (AvgIpc) is 2.66. The van der Waals surface area contributed by atoms with Crippen LogP contribution in [-0.2, 0) is 9.59 Å². The van der Waals surface area contributed by atoms with E-state index < -0.39 is 11.8 Å². The molecule has 5 nitrogen and oxygen atoms in total. The van der Waals surface area contributed by atoms with Gasteiger partial charge in [-0.2, -0.15) is 0 Å². The second-order valence-electron chi connectivity index (χ2n) is 4.82. The Kier molecular flexibility index (Phi) is 4.49. The van der Waals surface area contributed by atoms with E-state index >= 15 is 0 Å². The van der Waals surface area contributed by atoms with Gasteiger partial charge in [0.15, 0.2) is 0 Å². The summed E-state index contributed by atoms with van der Waals surface area (Å²) in [5, 5.41) is 2.56. The molecule has 2 amide bonds. The van der Waals surface area contributed by atoms with Crippen molar-refractivity contribution in [2.24, 2.45) is 0 Å². The first kappa shape index (κ1) is 13.5. The first-order chi connectivity index (χ1) is 9.16. The number of rotatable bonds is 1. The molecule has 0 spiro atoms. The van der Waals surface area contributed by atoms with Gasteiger partial charge in [-0.05, 0) is 31.9 Å². The molecular formula is C14H19N3O2. The molecule has 0 saturated carbocycles. The molecule has 0 atom stereocenters. The number of hydrogen-bond acceptors (Lipinski definition) is 3. The van der Waals surface area contributed by atoms with E-state index in [0.717, 1.165) is 31.4 Å². The van der Waals surface area contributed by atoms with Crippen LogP contribution in [0.25, 0.3) is 0 Å². The molecule has 1 aliphatic heterocycles. The number of aryl methyl sites for hydroxylation is 1. The Morgan fingerprint density at radius 1 is 1.16 bits per heavy atom. The molecule has 102 valence electrons. The van der Waals surface area contributed by atoms with E-state index in [1.165, 1.54) is 0 Å². The zero-order chi connectivity index (χ0) is 13.7. The van der Waals surface area contributed by atoms with Crippen molar-refractivity contribution in [3.05, 3.63) is 23.9 Å². The highest BCUT2D eigenvalue weighted by atomic mass is 16.2. The fourth-order valence-corrected chi connectivity index (χ4v) is 2.20. The van der Waals surface area contributed by atoms with Gasteiger partial charge in [-0.1, -0.05) is 18.9 Å². The Bertz CT molecular complexity index is 466. The van der Waals surface area contributed by atoms with Gasteiger partial charge in [-0.25, -0.2) is 4.98 Å². The van der Waals surface area contributed by atoms with Gasteiger partial charge in [-0.15, -0.1) is 0 Å². The second-order valence-corrected chi connectivity index (χ2v) is 4.82. The van der Waals surface area contributed by atoms with Crippen LogP contribution >= 0.6 is 0 Å². The second kappa shape index (κ2) is 6.31. The Balaban J connectivity index is 1.97. The van der Waals surface area contributed by atoms with Crippen molar-refractivity contribution in [1.82, 2.24) is 9.88 Å². The molecule has 5 heteroatoms. The van der Waals surface area contributed by atoms with Crippen LogP contribution in [0.4, 0.5) is 5.82 Å². The predicted octanol–water partition coefficient (Wildman–Crippen LogP) is 1.73. The summed E-state index contributed by atoms with van der Waals surface area (Å²) in [6.07, 6.45) is 4.21. The minimum absolute atomic E-state index is 0.424. The standard InChI is InChI=1S/C14H19N3O2/c1-11-7-6-8-12(15-11)16-13(18)14(19)17-9-4-2-3-5-10-17/h6-8H,2-5,9-10H2,1H3,(H,15,16,18). The molecule has 1 aliphatic rings. The number of nitrogens with zero attached hydrogens (tertiary/aromatic N) is 2. The highest BCUT2D eigenvalue weighted by Gasteiger charge is 2.22. The summed E-state index contributed by atoms with van der Waals surface area (Å²) in [6.45, 7) is 3.19. The lowest BCUT2D eigenvalue weighted by atomic mass is 10.2. The summed E-state index contributed by atoms with van der Waals surface area (Å²) >= 11 is 0. The van der Waals surface area contributed by atoms with Gasteiger partial charge in [-0.3, -0.25) is 9.59 Å². The summed E-state index contributed by atoms with van der Waals surface area (Å²) in [6, 6.07) is 5.32. The number of nitrogens with one attached hydrogen (secondary N) is 1. The third-order valence-corrected chi connectivity index (χ3v) is 3.22. The van der Waals surface area contributed by atoms with Crippen LogP contribution < -0.4 is 5.32 Å². The van der Waals surface area contributed by atoms with Crippen LogP contribution in [0.3, 0.4) is 0 Å². The Morgan fingerprint density at radius 2 is 1.84 bits per heavy atom. The lowest BCUT2D eigenvalue weighted by Crippen LogP contribution is -2.40. The molecule has 1 aromatic rings. The fourth-order valence-electron chi connectivity index (χ4n) is 2.20. The van der Waals surface area contributed by atoms with Gasteiger partial charge >= 0.3 is 11.8 Å². The van der Waals surface area contributed by atoms with Crippen molar-refractivity contribution in [1.29, 1.82) is 0 Å². The Hall–Kier alpha value is -1.91. The summed E-state index contributed by atoms with van der Waals surface area (Å²) in [5.41, 5.74) is 0.806. The van der Waals surface area contributed by atoms with E-state index in [9.17, 15) is 9.59 Å². The van der Waals surface area contributed by atoms with E-state index in [0.29, 0.717) is 18.9 Å². The van der Waals surface area contributed by atoms with Crippen molar-refractivity contribution in [3.8, 4) is 0 Å². The zero-order valence-corrected chi connectivity index (χ0v) is 11.2. The monoisotopic (exact) mass is 261 g/mol. The number of aromatic nitrogens is 1. The maximum absolute atomic E-state index is 12.0. The van der Waals surface area contributed by atoms with E-state index in [2.05, 4.69) is 10.3 Å². The van der Waals surface area contributed by atoms with Crippen molar-refractivity contribution in [2.75, 3.05) is 18.4 Å². The van der Waals surface area contributed by atoms with Gasteiger partial charge in [0.1, 0.15) is 5.82 Å². The lowest BCUT2D eigenvalue weighted by molar-refractivity contribution is -0.143. The van der Waals surface area contributed by atoms with Gasteiger partial charge in [0.05, 0.1) is 0 Å². The minimum atomic E-state index is -0.597. The molecule has 1 fully saturated rings. The zero-order valence-electron chi connectivity index (χ0n) is 11.2. The number of carbonyl (C=O) groups is 2. The van der Waals surface area contributed by atoms with Crippen LogP contribution in [0.15, 0.2) is 18.2 Å². The topological polar surface area (TPSA) is 62.3 Å². The number of likely N-dealkylation sites (tertiary alicyclic amines) is 1. The maximum Gasteiger partial charge on any atom is 0.315 e. The summed E-state index contributed by atoms with van der Waals surface area (Å²) in [7, 11) is 0. The highest BCUT2D eigenvalue weighted by Crippen LogP contribution is 2.10. The molecule has 0 radical (unpaired) electrons. The van der Waals surface area contributed by atoms with E-state index in [4.69, 9.17) is 0 Å². The Morgan fingerprint density at radius 3 is 2.47 bits per heavy atom. The van der Waals surface area contributed by atoms with Crippen LogP contribution in [0, 0.1) is 6.92 Å². The van der Waals surface area contributed by atoms with Crippen molar-refractivity contribution < 1.29 is 9.59 Å². The fraction of sp³-hybridized carbons (Fsp3) is 0.500. The van der Waals surface area contributed by atoms with Crippen LogP contribution in [-0.4, -0.2) is 34.8 Å². The Labute approximate surface area is 113 Å². The average molecular weight is 261 g/mol. The molecule has 1 saturated heterocycles. The number of anilines is 1. The van der Waals surface area contributed by atoms with E-state index in [1.807, 2.05) is 13.0 Å². The summed E-state index contributed by atoms with van der Waals surface area (Å²) in [4.78, 5) is 29.7. The third kappa shape index (κ3) is 3.77. The molecule has 1 N–H and O–H groups in total. The third-order valence-electron chi connectivity index (χ3n) is 3.22. The molecule has 2 heterocycles. The van der Waals surface area contributed by atoms with Crippen LogP contribution in [0.5, 0.6) is 0 Å². The predicted molar refractivity (Wildman–Crippen MR) is 72.7 cm³/mol. The number of hydrogen-bond donors (Lipinski definition) is 1. The van der Waals surface area contributed by atoms with Crippen molar-refractivity contribution >= 4 is 17.6 Å². The molecule has 0 aliphatic carbocycles. The normalized spacial score (nSPS) is 15.7. The van der Waals surface area contributed by atoms with E-state index in [-0.39, 0.29) is 0 Å². The van der Waals surface area contributed by atoms with E-state index in [1.54, 1.807) is 17.0 Å². The molecular weight excluding hydrogens is 242 g/mol. The minimum Gasteiger partial charge on any atom is -0.334 e. The molecule has 1 aromatic heterocycles. The molecule has 2 rings (SSSR count). The largest absolute Gasteiger partial charge is 0.334 e. The first-order valence-electron chi connectivity index (χ1n) is 6.71. The van der Waals surface area contributed by atoms with Gasteiger partial charge in [0, 0.05) is 18.8 Å². The number of pyridine rings is 1. The molecule has 0 unspecified atom stereocenters. The SMILES string of the molecule is Cc1cccc(NC(=O)C(=O)N2CCCCCC2)n1. The first-order valence-corrected chi connectivity index (χ1v) is 6.71. The van der Waals surface area contributed by atoms with Gasteiger partial charge in [0.2, 0.25) is 0 Å². The summed E-state index contributed by atoms with van der Waals surface area (Å²) in [5.74, 6) is -0.627. The van der Waals surface area contributed by atoms with Crippen LogP contribution in [0.1, 0.15) is 31.4 Å². The quantitative estimate of drug-likeness (QED) is 0.783. The lowest BCUT2D eigenvalue weighted by Gasteiger charge is -2.19. The van der Waals surface area contributed by atoms with Crippen molar-refractivity contribution in [2.45, 2.75) is 32.6 Å². The molecule has 0 bridgehead atoms. The number of amides is 2. The summed E-state index contributed by atoms with van der Waals surface area (Å²) < 4.78 is 0. The van der Waals surface area contributed by atoms with Gasteiger partial charge in [0.25, 0.3) is 0 Å². The van der Waals surface area contributed by atoms with Gasteiger partial charge < -0.3 is 10.2 Å². The van der Waals surface area contributed by atoms with Crippen LogP contribution in [0.2, 0.25) is 0 Å². The smallest absolute Gasteiger partial charge is 0.315 e. The van der Waals surface area contributed by atoms with Crippen molar-refractivity contribution in [3.63, 3.8) is 0 Å². The molecule has 0 aromatic carbocycles.